The molecular formula is C31H29F4N7OS. The summed E-state index contributed by atoms with van der Waals surface area (Å²) in [6, 6.07) is 16.7. The molecule has 0 amide bonds. The summed E-state index contributed by atoms with van der Waals surface area (Å²) >= 11 is 1.29. The zero-order valence-corrected chi connectivity index (χ0v) is 24.6. The first kappa shape index (κ1) is 28.5. The SMILES string of the molecule is CCN1CCN(c2cc3c(cc2Nc2nnc(-c4ccc(OC(F)(F)F)cc4)s2)nc(-c2ccccc2F)n3C2CC2)CC1. The molecule has 5 aromatic rings. The van der Waals surface area contributed by atoms with Crippen LogP contribution in [0.3, 0.4) is 0 Å². The Bertz CT molecular complexity index is 1790. The van der Waals surface area contributed by atoms with E-state index in [4.69, 9.17) is 4.98 Å². The summed E-state index contributed by atoms with van der Waals surface area (Å²) in [5, 5.41) is 13.1. The van der Waals surface area contributed by atoms with E-state index in [2.05, 4.69) is 47.6 Å². The number of anilines is 3. The third kappa shape index (κ3) is 5.81. The van der Waals surface area contributed by atoms with Gasteiger partial charge < -0.3 is 24.4 Å². The molecule has 1 aliphatic heterocycles. The highest BCUT2D eigenvalue weighted by Gasteiger charge is 2.32. The van der Waals surface area contributed by atoms with Crippen LogP contribution < -0.4 is 15.0 Å². The number of alkyl halides is 3. The van der Waals surface area contributed by atoms with Gasteiger partial charge in [0.15, 0.2) is 0 Å². The average Bonchev–Trinajstić information content (AvgIpc) is 3.63. The summed E-state index contributed by atoms with van der Waals surface area (Å²) in [7, 11) is 0. The smallest absolute Gasteiger partial charge is 0.406 e. The Hall–Kier alpha value is -4.23. The molecule has 1 saturated heterocycles. The van der Waals surface area contributed by atoms with Crippen LogP contribution in [0.1, 0.15) is 25.8 Å². The van der Waals surface area contributed by atoms with E-state index >= 15 is 0 Å². The predicted octanol–water partition coefficient (Wildman–Crippen LogP) is 7.48. The number of ether oxygens (including phenoxy) is 1. The van der Waals surface area contributed by atoms with E-state index in [0.717, 1.165) is 68.0 Å². The maximum atomic E-state index is 15.0. The molecule has 2 aliphatic rings. The van der Waals surface area contributed by atoms with E-state index in [0.29, 0.717) is 27.1 Å². The van der Waals surface area contributed by atoms with Crippen molar-refractivity contribution in [2.45, 2.75) is 32.2 Å². The van der Waals surface area contributed by atoms with Crippen molar-refractivity contribution in [1.29, 1.82) is 0 Å². The molecule has 1 saturated carbocycles. The van der Waals surface area contributed by atoms with Gasteiger partial charge >= 0.3 is 6.36 Å². The number of aromatic nitrogens is 4. The molecule has 8 nitrogen and oxygen atoms in total. The predicted molar refractivity (Wildman–Crippen MR) is 163 cm³/mol. The van der Waals surface area contributed by atoms with Crippen molar-refractivity contribution >= 4 is 38.9 Å². The number of hydrogen-bond acceptors (Lipinski definition) is 8. The largest absolute Gasteiger partial charge is 0.573 e. The van der Waals surface area contributed by atoms with Gasteiger partial charge in [-0.3, -0.25) is 0 Å². The number of rotatable bonds is 8. The Balaban J connectivity index is 1.25. The van der Waals surface area contributed by atoms with Gasteiger partial charge in [0.05, 0.1) is 28.0 Å². The van der Waals surface area contributed by atoms with Crippen LogP contribution in [0.4, 0.5) is 34.1 Å². The minimum atomic E-state index is -4.76. The van der Waals surface area contributed by atoms with Crippen LogP contribution in [0.25, 0.3) is 33.0 Å². The highest BCUT2D eigenvalue weighted by molar-refractivity contribution is 7.18. The minimum absolute atomic E-state index is 0.275. The molecule has 1 aliphatic carbocycles. The van der Waals surface area contributed by atoms with Gasteiger partial charge in [0.2, 0.25) is 5.13 Å². The maximum Gasteiger partial charge on any atom is 0.573 e. The van der Waals surface area contributed by atoms with Gasteiger partial charge in [-0.2, -0.15) is 0 Å². The van der Waals surface area contributed by atoms with Gasteiger partial charge in [-0.15, -0.1) is 23.4 Å². The standard InChI is InChI=1S/C31H29F4N7OS/c1-2-40-13-15-41(16-14-40)26-18-27-25(36-28(42(27)20-9-10-20)22-5-3-4-6-23(22)32)17-24(26)37-30-39-38-29(44-30)19-7-11-21(12-8-19)43-31(33,34)35/h3-8,11-12,17-18,20H,2,9-10,13-16H2,1H3,(H,37,39). The lowest BCUT2D eigenvalue weighted by Crippen LogP contribution is -2.46. The summed E-state index contributed by atoms with van der Waals surface area (Å²) in [5.41, 5.74) is 4.61. The van der Waals surface area contributed by atoms with Crippen LogP contribution in [0.2, 0.25) is 0 Å². The minimum Gasteiger partial charge on any atom is -0.406 e. The molecule has 3 aromatic carbocycles. The highest BCUT2D eigenvalue weighted by atomic mass is 32.1. The first-order valence-corrected chi connectivity index (χ1v) is 15.3. The zero-order valence-electron chi connectivity index (χ0n) is 23.8. The van der Waals surface area contributed by atoms with Crippen molar-refractivity contribution < 1.29 is 22.3 Å². The van der Waals surface area contributed by atoms with Crippen molar-refractivity contribution in [3.8, 4) is 27.7 Å². The molecular weight excluding hydrogens is 594 g/mol. The lowest BCUT2D eigenvalue weighted by Gasteiger charge is -2.36. The average molecular weight is 624 g/mol. The third-order valence-electron chi connectivity index (χ3n) is 8.00. The van der Waals surface area contributed by atoms with E-state index in [1.807, 2.05) is 12.1 Å². The lowest BCUT2D eigenvalue weighted by molar-refractivity contribution is -0.274. The Morgan fingerprint density at radius 1 is 0.977 bits per heavy atom. The van der Waals surface area contributed by atoms with Crippen LogP contribution >= 0.6 is 11.3 Å². The zero-order chi connectivity index (χ0) is 30.4. The van der Waals surface area contributed by atoms with Gasteiger partial charge in [0.1, 0.15) is 22.4 Å². The number of nitrogens with zero attached hydrogens (tertiary/aromatic N) is 6. The summed E-state index contributed by atoms with van der Waals surface area (Å²) < 4.78 is 58.8. The Labute approximate surface area is 254 Å². The number of fused-ring (bicyclic) bond motifs is 1. The van der Waals surface area contributed by atoms with Crippen molar-refractivity contribution in [2.24, 2.45) is 0 Å². The highest BCUT2D eigenvalue weighted by Crippen LogP contribution is 2.44. The molecule has 0 unspecified atom stereocenters. The van der Waals surface area contributed by atoms with Crippen LogP contribution in [0, 0.1) is 5.82 Å². The second-order valence-corrected chi connectivity index (χ2v) is 11.9. The summed E-state index contributed by atoms with van der Waals surface area (Å²) in [6.45, 7) is 6.73. The van der Waals surface area contributed by atoms with E-state index in [-0.39, 0.29) is 17.6 Å². The van der Waals surface area contributed by atoms with E-state index in [1.165, 1.54) is 41.7 Å². The third-order valence-corrected chi connectivity index (χ3v) is 8.88. The maximum absolute atomic E-state index is 15.0. The molecule has 2 aromatic heterocycles. The fourth-order valence-corrected chi connectivity index (χ4v) is 6.40. The van der Waals surface area contributed by atoms with Crippen molar-refractivity contribution in [1.82, 2.24) is 24.6 Å². The van der Waals surface area contributed by atoms with Crippen LogP contribution in [0.15, 0.2) is 60.7 Å². The molecule has 2 fully saturated rings. The summed E-state index contributed by atoms with van der Waals surface area (Å²) in [6.07, 6.45) is -2.71. The Kier molecular flexibility index (Phi) is 7.37. The van der Waals surface area contributed by atoms with Crippen LogP contribution in [-0.4, -0.2) is 63.7 Å². The molecule has 0 radical (unpaired) electrons. The van der Waals surface area contributed by atoms with Gasteiger partial charge in [0.25, 0.3) is 0 Å². The molecule has 0 bridgehead atoms. The van der Waals surface area contributed by atoms with Crippen molar-refractivity contribution in [3.63, 3.8) is 0 Å². The molecule has 13 heteroatoms. The molecule has 0 atom stereocenters. The summed E-state index contributed by atoms with van der Waals surface area (Å²) in [4.78, 5) is 9.70. The van der Waals surface area contributed by atoms with E-state index in [1.54, 1.807) is 12.1 Å². The Morgan fingerprint density at radius 2 is 1.73 bits per heavy atom. The van der Waals surface area contributed by atoms with Gasteiger partial charge in [0, 0.05) is 37.8 Å². The number of benzene rings is 3. The van der Waals surface area contributed by atoms with Crippen LogP contribution in [-0.2, 0) is 0 Å². The number of imidazole rings is 1. The Morgan fingerprint density at radius 3 is 2.41 bits per heavy atom. The first-order valence-electron chi connectivity index (χ1n) is 14.5. The molecule has 7 rings (SSSR count). The second-order valence-electron chi connectivity index (χ2n) is 10.9. The van der Waals surface area contributed by atoms with Crippen LogP contribution in [0.5, 0.6) is 5.75 Å². The number of hydrogen-bond donors (Lipinski definition) is 1. The quantitative estimate of drug-likeness (QED) is 0.180. The molecule has 1 N–H and O–H groups in total. The molecule has 44 heavy (non-hydrogen) atoms. The monoisotopic (exact) mass is 623 g/mol. The summed E-state index contributed by atoms with van der Waals surface area (Å²) in [5.74, 6) is 0.0135. The van der Waals surface area contributed by atoms with Gasteiger partial charge in [-0.25, -0.2) is 9.37 Å². The molecule has 3 heterocycles. The molecule has 0 spiro atoms. The normalized spacial score (nSPS) is 16.1. The number of likely N-dealkylation sites (N-methyl/N-ethyl adjacent to an activating group) is 1. The number of nitrogens with one attached hydrogen (secondary N) is 1. The molecule has 228 valence electrons. The van der Waals surface area contributed by atoms with Crippen molar-refractivity contribution in [3.05, 3.63) is 66.5 Å². The van der Waals surface area contributed by atoms with E-state index in [9.17, 15) is 17.6 Å². The van der Waals surface area contributed by atoms with Crippen molar-refractivity contribution in [2.75, 3.05) is 42.9 Å². The van der Waals surface area contributed by atoms with E-state index < -0.39 is 6.36 Å². The van der Waals surface area contributed by atoms with Gasteiger partial charge in [-0.1, -0.05) is 30.4 Å². The second kappa shape index (κ2) is 11.4. The number of halogens is 4. The fraction of sp³-hybridized carbons (Fsp3) is 0.323. The topological polar surface area (TPSA) is 71.3 Å². The van der Waals surface area contributed by atoms with Gasteiger partial charge in [-0.05, 0) is 67.9 Å². The lowest BCUT2D eigenvalue weighted by atomic mass is 10.2. The number of piperazine rings is 1. The fourth-order valence-electron chi connectivity index (χ4n) is 5.64. The first-order chi connectivity index (χ1) is 21.3.